The van der Waals surface area contributed by atoms with Gasteiger partial charge in [-0.1, -0.05) is 17.7 Å². The number of sulfonamides is 1. The van der Waals surface area contributed by atoms with Crippen LogP contribution in [-0.2, 0) is 10.0 Å². The second-order valence-electron chi connectivity index (χ2n) is 7.64. The van der Waals surface area contributed by atoms with Gasteiger partial charge in [0.25, 0.3) is 15.9 Å². The van der Waals surface area contributed by atoms with Crippen LogP contribution in [0.1, 0.15) is 36.0 Å². The number of anilines is 1. The normalized spacial score (nSPS) is 18.7. The zero-order chi connectivity index (χ0) is 23.5. The molecular weight excluding hydrogens is 456 g/mol. The molecule has 0 heterocycles. The number of carbonyl (C=O) groups is 1. The van der Waals surface area contributed by atoms with Crippen molar-refractivity contribution in [1.29, 1.82) is 0 Å². The van der Waals surface area contributed by atoms with Crippen molar-refractivity contribution >= 4 is 33.2 Å². The molecule has 0 unspecified atom stereocenters. The Labute approximate surface area is 193 Å². The van der Waals surface area contributed by atoms with Crippen molar-refractivity contribution in [2.24, 2.45) is 0 Å². The number of aliphatic hydroxyl groups is 1. The molecule has 3 rings (SSSR count). The number of methoxy groups -OCH3 is 2. The summed E-state index contributed by atoms with van der Waals surface area (Å²) in [5, 5.41) is 12.8. The Balaban J connectivity index is 1.86. The molecule has 0 atom stereocenters. The van der Waals surface area contributed by atoms with Crippen LogP contribution < -0.4 is 19.1 Å². The van der Waals surface area contributed by atoms with Crippen molar-refractivity contribution in [2.45, 2.75) is 42.7 Å². The maximum absolute atomic E-state index is 13.3. The summed E-state index contributed by atoms with van der Waals surface area (Å²) in [6.07, 6.45) is 2.32. The highest BCUT2D eigenvalue weighted by atomic mass is 35.5. The highest BCUT2D eigenvalue weighted by Crippen LogP contribution is 2.39. The van der Waals surface area contributed by atoms with Gasteiger partial charge in [-0.25, -0.2) is 8.42 Å². The lowest BCUT2D eigenvalue weighted by Gasteiger charge is -2.26. The van der Waals surface area contributed by atoms with Gasteiger partial charge in [-0.2, -0.15) is 0 Å². The maximum Gasteiger partial charge on any atom is 0.264 e. The van der Waals surface area contributed by atoms with Gasteiger partial charge in [0, 0.05) is 24.7 Å². The molecule has 0 aliphatic heterocycles. The molecule has 1 aliphatic carbocycles. The molecule has 0 aromatic heterocycles. The van der Waals surface area contributed by atoms with E-state index in [0.29, 0.717) is 31.4 Å². The van der Waals surface area contributed by atoms with Crippen molar-refractivity contribution in [3.63, 3.8) is 0 Å². The number of aliphatic hydroxyl groups excluding tert-OH is 1. The minimum absolute atomic E-state index is 0.0410. The van der Waals surface area contributed by atoms with Crippen LogP contribution in [0.25, 0.3) is 0 Å². The Morgan fingerprint density at radius 3 is 2.38 bits per heavy atom. The monoisotopic (exact) mass is 482 g/mol. The Morgan fingerprint density at radius 1 is 1.09 bits per heavy atom. The molecule has 174 valence electrons. The Kier molecular flexibility index (Phi) is 7.53. The lowest BCUT2D eigenvalue weighted by molar-refractivity contribution is 0.0867. The molecule has 1 saturated carbocycles. The van der Waals surface area contributed by atoms with Crippen molar-refractivity contribution in [1.82, 2.24) is 5.32 Å². The summed E-state index contributed by atoms with van der Waals surface area (Å²) in [6, 6.07) is 8.78. The van der Waals surface area contributed by atoms with Gasteiger partial charge in [0.1, 0.15) is 11.5 Å². The van der Waals surface area contributed by atoms with Gasteiger partial charge in [-0.05, 0) is 49.9 Å². The summed E-state index contributed by atoms with van der Waals surface area (Å²) in [4.78, 5) is 12.7. The lowest BCUT2D eigenvalue weighted by Crippen LogP contribution is -2.38. The standard InChI is InChI=1S/C22H27ClN2O6S/c1-25(19-12-18(23)20(30-2)13-21(19)31-3)32(28,29)17-6-4-5-14(11-17)22(27)24-15-7-9-16(26)10-8-15/h4-6,11-13,15-16,26H,7-10H2,1-3H3,(H,24,27). The zero-order valence-electron chi connectivity index (χ0n) is 18.2. The number of halogens is 1. The number of rotatable bonds is 7. The van der Waals surface area contributed by atoms with Crippen LogP contribution in [0.3, 0.4) is 0 Å². The summed E-state index contributed by atoms with van der Waals surface area (Å²) in [5.74, 6) is 0.272. The maximum atomic E-state index is 13.3. The first-order valence-corrected chi connectivity index (χ1v) is 12.0. The van der Waals surface area contributed by atoms with E-state index in [1.807, 2.05) is 0 Å². The molecular formula is C22H27ClN2O6S. The number of nitrogens with zero attached hydrogens (tertiary/aromatic N) is 1. The Bertz CT molecular complexity index is 1080. The van der Waals surface area contributed by atoms with E-state index in [-0.39, 0.29) is 45.0 Å². The highest BCUT2D eigenvalue weighted by Gasteiger charge is 2.27. The van der Waals surface area contributed by atoms with Crippen LogP contribution in [0.2, 0.25) is 5.02 Å². The molecule has 0 bridgehead atoms. The van der Waals surface area contributed by atoms with E-state index in [9.17, 15) is 18.3 Å². The summed E-state index contributed by atoms with van der Waals surface area (Å²) in [7, 11) is 0.238. The molecule has 0 saturated heterocycles. The molecule has 1 amide bonds. The number of hydrogen-bond donors (Lipinski definition) is 2. The molecule has 8 nitrogen and oxygen atoms in total. The van der Waals surface area contributed by atoms with Crippen LogP contribution in [0.15, 0.2) is 41.3 Å². The Morgan fingerprint density at radius 2 is 1.75 bits per heavy atom. The minimum atomic E-state index is -4.02. The van der Waals surface area contributed by atoms with E-state index >= 15 is 0 Å². The van der Waals surface area contributed by atoms with E-state index in [1.165, 1.54) is 51.6 Å². The first-order chi connectivity index (χ1) is 15.2. The first-order valence-electron chi connectivity index (χ1n) is 10.2. The van der Waals surface area contributed by atoms with Crippen LogP contribution in [-0.4, -0.2) is 52.8 Å². The number of amides is 1. The smallest absolute Gasteiger partial charge is 0.264 e. The lowest BCUT2D eigenvalue weighted by atomic mass is 9.93. The molecule has 32 heavy (non-hydrogen) atoms. The predicted octanol–water partition coefficient (Wildman–Crippen LogP) is 3.22. The summed E-state index contributed by atoms with van der Waals surface area (Å²) in [6.45, 7) is 0. The minimum Gasteiger partial charge on any atom is -0.495 e. The first kappa shape index (κ1) is 24.2. The third kappa shape index (κ3) is 5.11. The van der Waals surface area contributed by atoms with Crippen LogP contribution >= 0.6 is 11.6 Å². The zero-order valence-corrected chi connectivity index (χ0v) is 19.7. The summed E-state index contributed by atoms with van der Waals surface area (Å²) in [5.41, 5.74) is 0.472. The topological polar surface area (TPSA) is 105 Å². The fourth-order valence-corrected chi connectivity index (χ4v) is 5.14. The quantitative estimate of drug-likeness (QED) is 0.627. The average molecular weight is 483 g/mol. The van der Waals surface area contributed by atoms with Gasteiger partial charge in [-0.3, -0.25) is 9.10 Å². The van der Waals surface area contributed by atoms with Gasteiger partial charge in [0.2, 0.25) is 0 Å². The third-order valence-electron chi connectivity index (χ3n) is 5.58. The highest BCUT2D eigenvalue weighted by molar-refractivity contribution is 7.92. The van der Waals surface area contributed by atoms with Gasteiger partial charge < -0.3 is 19.9 Å². The van der Waals surface area contributed by atoms with E-state index in [2.05, 4.69) is 5.32 Å². The van der Waals surface area contributed by atoms with E-state index in [4.69, 9.17) is 21.1 Å². The van der Waals surface area contributed by atoms with Crippen LogP contribution in [0.5, 0.6) is 11.5 Å². The number of hydrogen-bond acceptors (Lipinski definition) is 6. The van der Waals surface area contributed by atoms with Crippen molar-refractivity contribution in [2.75, 3.05) is 25.6 Å². The number of nitrogens with one attached hydrogen (secondary N) is 1. The average Bonchev–Trinajstić information content (AvgIpc) is 2.79. The number of carbonyl (C=O) groups excluding carboxylic acids is 1. The van der Waals surface area contributed by atoms with E-state index < -0.39 is 10.0 Å². The second kappa shape index (κ2) is 9.97. The van der Waals surface area contributed by atoms with Crippen LogP contribution in [0, 0.1) is 0 Å². The summed E-state index contributed by atoms with van der Waals surface area (Å²) >= 11 is 6.20. The van der Waals surface area contributed by atoms with Gasteiger partial charge >= 0.3 is 0 Å². The van der Waals surface area contributed by atoms with Gasteiger partial charge in [0.05, 0.1) is 35.9 Å². The van der Waals surface area contributed by atoms with Crippen molar-refractivity contribution in [3.05, 3.63) is 47.0 Å². The van der Waals surface area contributed by atoms with Crippen LogP contribution in [0.4, 0.5) is 5.69 Å². The molecule has 1 fully saturated rings. The molecule has 2 aromatic carbocycles. The third-order valence-corrected chi connectivity index (χ3v) is 7.64. The molecule has 2 N–H and O–H groups in total. The Hall–Kier alpha value is -2.49. The van der Waals surface area contributed by atoms with Gasteiger partial charge in [-0.15, -0.1) is 0 Å². The number of benzene rings is 2. The fourth-order valence-electron chi connectivity index (χ4n) is 3.66. The molecule has 2 aromatic rings. The molecule has 0 radical (unpaired) electrons. The SMILES string of the molecule is COc1cc(OC)c(N(C)S(=O)(=O)c2cccc(C(=O)NC3CCC(O)CC3)c2)cc1Cl. The number of ether oxygens (including phenoxy) is 2. The van der Waals surface area contributed by atoms with E-state index in [1.54, 1.807) is 6.07 Å². The molecule has 10 heteroatoms. The molecule has 0 spiro atoms. The molecule has 1 aliphatic rings. The predicted molar refractivity (Wildman–Crippen MR) is 122 cm³/mol. The summed E-state index contributed by atoms with van der Waals surface area (Å²) < 4.78 is 38.1. The van der Waals surface area contributed by atoms with Crippen molar-refractivity contribution in [3.8, 4) is 11.5 Å². The second-order valence-corrected chi connectivity index (χ2v) is 10.0. The fraction of sp³-hybridized carbons (Fsp3) is 0.409. The van der Waals surface area contributed by atoms with Crippen molar-refractivity contribution < 1.29 is 27.8 Å². The van der Waals surface area contributed by atoms with E-state index in [0.717, 1.165) is 4.31 Å². The van der Waals surface area contributed by atoms with Gasteiger partial charge in [0.15, 0.2) is 0 Å². The largest absolute Gasteiger partial charge is 0.495 e.